The molecule has 6 nitrogen and oxygen atoms in total. The molecular formula is C20H15ClN2O4. The highest BCUT2D eigenvalue weighted by atomic mass is 35.5. The summed E-state index contributed by atoms with van der Waals surface area (Å²) in [7, 11) is 1.25. The van der Waals surface area contributed by atoms with Crippen LogP contribution in [0.15, 0.2) is 65.6 Å². The second-order valence-electron chi connectivity index (χ2n) is 5.59. The summed E-state index contributed by atoms with van der Waals surface area (Å²) in [5.74, 6) is -1.16. The molecule has 27 heavy (non-hydrogen) atoms. The molecule has 3 aromatic rings. The molecule has 0 unspecified atom stereocenters. The number of aromatic nitrogens is 1. The monoisotopic (exact) mass is 382 g/mol. The summed E-state index contributed by atoms with van der Waals surface area (Å²) >= 11 is 6.04. The maximum absolute atomic E-state index is 12.6. The van der Waals surface area contributed by atoms with Crippen molar-refractivity contribution in [1.29, 1.82) is 0 Å². The summed E-state index contributed by atoms with van der Waals surface area (Å²) in [5, 5.41) is 1.24. The van der Waals surface area contributed by atoms with Gasteiger partial charge in [0.15, 0.2) is 0 Å². The number of ether oxygens (including phenoxy) is 1. The number of carbonyl (C=O) groups is 2. The molecule has 1 N–H and O–H groups in total. The molecule has 0 fully saturated rings. The summed E-state index contributed by atoms with van der Waals surface area (Å²) in [6.07, 6.45) is 4.03. The fourth-order valence-electron chi connectivity index (χ4n) is 2.58. The first kappa shape index (κ1) is 18.4. The lowest BCUT2D eigenvalue weighted by Gasteiger charge is -2.11. The number of esters is 1. The minimum Gasteiger partial charge on any atom is -0.465 e. The SMILES string of the molecule is COC(=O)c1cn(NC(=O)/C=C/c2ccccc2Cl)c(=O)c2ccccc12. The van der Waals surface area contributed by atoms with Gasteiger partial charge in [-0.1, -0.05) is 48.0 Å². The maximum Gasteiger partial charge on any atom is 0.340 e. The molecule has 136 valence electrons. The van der Waals surface area contributed by atoms with Crippen LogP contribution in [0.4, 0.5) is 0 Å². The van der Waals surface area contributed by atoms with E-state index in [2.05, 4.69) is 5.43 Å². The number of pyridine rings is 1. The van der Waals surface area contributed by atoms with Crippen molar-refractivity contribution in [2.45, 2.75) is 0 Å². The van der Waals surface area contributed by atoms with Crippen molar-refractivity contribution in [3.63, 3.8) is 0 Å². The molecular weight excluding hydrogens is 368 g/mol. The van der Waals surface area contributed by atoms with Gasteiger partial charge in [-0.15, -0.1) is 0 Å². The number of nitrogens with one attached hydrogen (secondary N) is 1. The standard InChI is InChI=1S/C20H15ClN2O4/c1-27-20(26)16-12-23(19(25)15-8-4-3-7-14(15)16)22-18(24)11-10-13-6-2-5-9-17(13)21/h2-12H,1H3,(H,22,24)/b11-10+. The number of fused-ring (bicyclic) bond motifs is 1. The van der Waals surface area contributed by atoms with Gasteiger partial charge in [-0.2, -0.15) is 0 Å². The first-order chi connectivity index (χ1) is 13.0. The third-order valence-electron chi connectivity index (χ3n) is 3.88. The Labute approximate surface area is 159 Å². The van der Waals surface area contributed by atoms with Gasteiger partial charge in [-0.3, -0.25) is 15.0 Å². The smallest absolute Gasteiger partial charge is 0.340 e. The molecule has 0 atom stereocenters. The number of rotatable bonds is 4. The highest BCUT2D eigenvalue weighted by Gasteiger charge is 2.15. The van der Waals surface area contributed by atoms with Crippen molar-refractivity contribution in [2.75, 3.05) is 12.5 Å². The second kappa shape index (κ2) is 7.88. The van der Waals surface area contributed by atoms with Crippen LogP contribution < -0.4 is 11.0 Å². The zero-order valence-corrected chi connectivity index (χ0v) is 15.1. The summed E-state index contributed by atoms with van der Waals surface area (Å²) in [6.45, 7) is 0. The molecule has 0 aliphatic rings. The van der Waals surface area contributed by atoms with Gasteiger partial charge in [0.1, 0.15) is 0 Å². The first-order valence-corrected chi connectivity index (χ1v) is 8.35. The number of hydrogen-bond donors (Lipinski definition) is 1. The molecule has 7 heteroatoms. The lowest BCUT2D eigenvalue weighted by Crippen LogP contribution is -2.33. The van der Waals surface area contributed by atoms with Crippen LogP contribution in [0.2, 0.25) is 5.02 Å². The predicted molar refractivity (Wildman–Crippen MR) is 104 cm³/mol. The summed E-state index contributed by atoms with van der Waals surface area (Å²) in [5.41, 5.74) is 2.81. The molecule has 3 rings (SSSR count). The topological polar surface area (TPSA) is 77.4 Å². The van der Waals surface area contributed by atoms with Gasteiger partial charge in [0.05, 0.1) is 12.7 Å². The van der Waals surface area contributed by atoms with E-state index in [4.69, 9.17) is 16.3 Å². The van der Waals surface area contributed by atoms with Gasteiger partial charge in [0.25, 0.3) is 11.5 Å². The van der Waals surface area contributed by atoms with Crippen LogP contribution in [0, 0.1) is 0 Å². The average Bonchev–Trinajstić information content (AvgIpc) is 2.69. The highest BCUT2D eigenvalue weighted by Crippen LogP contribution is 2.17. The van der Waals surface area contributed by atoms with Gasteiger partial charge in [0, 0.05) is 28.1 Å². The van der Waals surface area contributed by atoms with E-state index in [0.29, 0.717) is 16.0 Å². The van der Waals surface area contributed by atoms with E-state index in [1.165, 1.54) is 25.5 Å². The molecule has 0 aliphatic heterocycles. The summed E-state index contributed by atoms with van der Waals surface area (Å²) in [4.78, 5) is 36.9. The van der Waals surface area contributed by atoms with Crippen molar-refractivity contribution in [3.05, 3.63) is 87.3 Å². The van der Waals surface area contributed by atoms with Crippen LogP contribution >= 0.6 is 11.6 Å². The van der Waals surface area contributed by atoms with Crippen molar-refractivity contribution in [3.8, 4) is 0 Å². The summed E-state index contributed by atoms with van der Waals surface area (Å²) < 4.78 is 5.73. The normalized spacial score (nSPS) is 10.9. The van der Waals surface area contributed by atoms with Crippen molar-refractivity contribution in [1.82, 2.24) is 4.68 Å². The first-order valence-electron chi connectivity index (χ1n) is 7.97. The van der Waals surface area contributed by atoms with E-state index >= 15 is 0 Å². The number of benzene rings is 2. The van der Waals surface area contributed by atoms with E-state index in [1.807, 2.05) is 0 Å². The largest absolute Gasteiger partial charge is 0.465 e. The minimum atomic E-state index is -0.610. The Hall–Kier alpha value is -3.38. The zero-order chi connectivity index (χ0) is 19.4. The Bertz CT molecular complexity index is 1120. The third kappa shape index (κ3) is 3.91. The van der Waals surface area contributed by atoms with Crippen LogP contribution in [0.1, 0.15) is 15.9 Å². The van der Waals surface area contributed by atoms with Gasteiger partial charge in [0.2, 0.25) is 0 Å². The lowest BCUT2D eigenvalue weighted by atomic mass is 10.1. The molecule has 0 aliphatic carbocycles. The number of methoxy groups -OCH3 is 1. The van der Waals surface area contributed by atoms with Crippen molar-refractivity contribution < 1.29 is 14.3 Å². The van der Waals surface area contributed by atoms with Gasteiger partial charge < -0.3 is 4.74 Å². The Morgan fingerprint density at radius 3 is 2.44 bits per heavy atom. The highest BCUT2D eigenvalue weighted by molar-refractivity contribution is 6.32. The van der Waals surface area contributed by atoms with Crippen LogP contribution in [0.25, 0.3) is 16.8 Å². The maximum atomic E-state index is 12.6. The molecule has 1 amide bonds. The minimum absolute atomic E-state index is 0.170. The second-order valence-corrected chi connectivity index (χ2v) is 5.99. The van der Waals surface area contributed by atoms with Crippen LogP contribution in [-0.4, -0.2) is 23.7 Å². The van der Waals surface area contributed by atoms with Crippen LogP contribution in [0.5, 0.6) is 0 Å². The number of amides is 1. The van der Waals surface area contributed by atoms with Crippen molar-refractivity contribution in [2.24, 2.45) is 0 Å². The molecule has 0 saturated carbocycles. The summed E-state index contributed by atoms with van der Waals surface area (Å²) in [6, 6.07) is 13.6. The van der Waals surface area contributed by atoms with Crippen LogP contribution in [0.3, 0.4) is 0 Å². The predicted octanol–water partition coefficient (Wildman–Crippen LogP) is 3.23. The van der Waals surface area contributed by atoms with Gasteiger partial charge in [-0.25, -0.2) is 9.47 Å². The lowest BCUT2D eigenvalue weighted by molar-refractivity contribution is -0.112. The van der Waals surface area contributed by atoms with E-state index in [9.17, 15) is 14.4 Å². The van der Waals surface area contributed by atoms with Gasteiger partial charge in [-0.05, 0) is 23.8 Å². The molecule has 0 radical (unpaired) electrons. The molecule has 0 saturated heterocycles. The molecule has 1 heterocycles. The molecule has 2 aromatic carbocycles. The van der Waals surface area contributed by atoms with E-state index < -0.39 is 17.4 Å². The Balaban J connectivity index is 1.96. The average molecular weight is 383 g/mol. The fourth-order valence-corrected chi connectivity index (χ4v) is 2.78. The fraction of sp³-hybridized carbons (Fsp3) is 0.0500. The number of carbonyl (C=O) groups excluding carboxylic acids is 2. The Morgan fingerprint density at radius 2 is 1.74 bits per heavy atom. The third-order valence-corrected chi connectivity index (χ3v) is 4.22. The van der Waals surface area contributed by atoms with Crippen LogP contribution in [-0.2, 0) is 9.53 Å². The molecule has 0 spiro atoms. The molecule has 0 bridgehead atoms. The molecule has 1 aromatic heterocycles. The van der Waals surface area contributed by atoms with E-state index in [1.54, 1.807) is 48.5 Å². The quantitative estimate of drug-likeness (QED) is 0.555. The zero-order valence-electron chi connectivity index (χ0n) is 14.3. The van der Waals surface area contributed by atoms with E-state index in [0.717, 1.165) is 4.68 Å². The van der Waals surface area contributed by atoms with Crippen molar-refractivity contribution >= 4 is 40.3 Å². The number of nitrogens with zero attached hydrogens (tertiary/aromatic N) is 1. The Morgan fingerprint density at radius 1 is 1.07 bits per heavy atom. The Kier molecular flexibility index (Phi) is 5.38. The number of hydrogen-bond acceptors (Lipinski definition) is 4. The van der Waals surface area contributed by atoms with E-state index in [-0.39, 0.29) is 10.9 Å². The van der Waals surface area contributed by atoms with Gasteiger partial charge >= 0.3 is 5.97 Å². The number of halogens is 1.